The van der Waals surface area contributed by atoms with Crippen LogP contribution in [0.3, 0.4) is 0 Å². The number of benzene rings is 1. The Morgan fingerprint density at radius 1 is 1.50 bits per heavy atom. The van der Waals surface area contributed by atoms with Gasteiger partial charge in [0.05, 0.1) is 11.6 Å². The second-order valence-corrected chi connectivity index (χ2v) is 6.04. The van der Waals surface area contributed by atoms with Gasteiger partial charge in [-0.3, -0.25) is 0 Å². The predicted octanol–water partition coefficient (Wildman–Crippen LogP) is 4.30. The number of imidazole rings is 1. The van der Waals surface area contributed by atoms with Gasteiger partial charge in [0.2, 0.25) is 0 Å². The van der Waals surface area contributed by atoms with E-state index in [0.717, 1.165) is 21.6 Å². The summed E-state index contributed by atoms with van der Waals surface area (Å²) in [5.74, 6) is 4.31. The Bertz CT molecular complexity index is 683. The SMILES string of the molecule is C#CCn1c(C(C)C)nc(-c2ccc(Br)c(Cl)c2)c1N. The summed E-state index contributed by atoms with van der Waals surface area (Å²) in [5.41, 5.74) is 7.80. The standard InChI is InChI=1S/C15H15BrClN3/c1-4-7-20-14(18)13(19-15(20)9(2)3)10-5-6-11(16)12(17)8-10/h1,5-6,8-9H,7,18H2,2-3H3. The minimum absolute atomic E-state index is 0.241. The fourth-order valence-electron chi connectivity index (χ4n) is 2.04. The highest BCUT2D eigenvalue weighted by atomic mass is 79.9. The van der Waals surface area contributed by atoms with Crippen LogP contribution in [0.1, 0.15) is 25.6 Å². The third-order valence-corrected chi connectivity index (χ3v) is 4.23. The molecular weight excluding hydrogens is 338 g/mol. The summed E-state index contributed by atoms with van der Waals surface area (Å²) in [6.45, 7) is 4.54. The Labute approximate surface area is 132 Å². The summed E-state index contributed by atoms with van der Waals surface area (Å²) in [5, 5.41) is 0.625. The second kappa shape index (κ2) is 5.90. The van der Waals surface area contributed by atoms with Crippen molar-refractivity contribution in [2.45, 2.75) is 26.3 Å². The Kier molecular flexibility index (Phi) is 4.42. The minimum Gasteiger partial charge on any atom is -0.383 e. The van der Waals surface area contributed by atoms with E-state index in [4.69, 9.17) is 23.8 Å². The van der Waals surface area contributed by atoms with Gasteiger partial charge in [-0.05, 0) is 28.1 Å². The van der Waals surface area contributed by atoms with Crippen molar-refractivity contribution in [3.63, 3.8) is 0 Å². The number of nitrogen functional groups attached to an aromatic ring is 1. The molecule has 0 bridgehead atoms. The molecule has 0 fully saturated rings. The number of hydrogen-bond acceptors (Lipinski definition) is 2. The van der Waals surface area contributed by atoms with Gasteiger partial charge < -0.3 is 10.3 Å². The average Bonchev–Trinajstić information content (AvgIpc) is 2.72. The van der Waals surface area contributed by atoms with Gasteiger partial charge in [0.15, 0.2) is 0 Å². The maximum Gasteiger partial charge on any atom is 0.132 e. The Hall–Kier alpha value is -1.44. The van der Waals surface area contributed by atoms with Crippen LogP contribution >= 0.6 is 27.5 Å². The molecule has 20 heavy (non-hydrogen) atoms. The lowest BCUT2D eigenvalue weighted by Gasteiger charge is -2.08. The molecule has 0 aliphatic heterocycles. The van der Waals surface area contributed by atoms with E-state index in [9.17, 15) is 0 Å². The van der Waals surface area contributed by atoms with Crippen LogP contribution in [-0.2, 0) is 6.54 Å². The van der Waals surface area contributed by atoms with E-state index in [1.807, 2.05) is 22.8 Å². The lowest BCUT2D eigenvalue weighted by molar-refractivity contribution is 0.691. The van der Waals surface area contributed by atoms with Crippen molar-refractivity contribution < 1.29 is 0 Å². The number of aromatic nitrogens is 2. The van der Waals surface area contributed by atoms with E-state index in [1.54, 1.807) is 0 Å². The highest BCUT2D eigenvalue weighted by Crippen LogP contribution is 2.33. The van der Waals surface area contributed by atoms with Gasteiger partial charge in [-0.2, -0.15) is 0 Å². The molecule has 0 radical (unpaired) electrons. The number of halogens is 2. The molecule has 0 atom stereocenters. The van der Waals surface area contributed by atoms with Crippen LogP contribution in [0.2, 0.25) is 5.02 Å². The quantitative estimate of drug-likeness (QED) is 0.837. The number of rotatable bonds is 3. The van der Waals surface area contributed by atoms with Crippen LogP contribution in [0.4, 0.5) is 5.82 Å². The minimum atomic E-state index is 0.241. The Balaban J connectivity index is 2.60. The van der Waals surface area contributed by atoms with Gasteiger partial charge in [-0.1, -0.05) is 37.4 Å². The van der Waals surface area contributed by atoms with Crippen LogP contribution in [-0.4, -0.2) is 9.55 Å². The van der Waals surface area contributed by atoms with Gasteiger partial charge in [-0.15, -0.1) is 6.42 Å². The summed E-state index contributed by atoms with van der Waals surface area (Å²) in [7, 11) is 0. The molecule has 1 aromatic heterocycles. The first-order valence-electron chi connectivity index (χ1n) is 6.20. The van der Waals surface area contributed by atoms with Crippen LogP contribution in [0.5, 0.6) is 0 Å². The molecule has 0 amide bonds. The molecule has 0 saturated carbocycles. The first kappa shape index (κ1) is 15.0. The molecule has 2 rings (SSSR count). The lowest BCUT2D eigenvalue weighted by atomic mass is 10.1. The van der Waals surface area contributed by atoms with Crippen LogP contribution in [0.15, 0.2) is 22.7 Å². The molecule has 1 aromatic carbocycles. The topological polar surface area (TPSA) is 43.8 Å². The van der Waals surface area contributed by atoms with Gasteiger partial charge in [0.25, 0.3) is 0 Å². The van der Waals surface area contributed by atoms with E-state index >= 15 is 0 Å². The van der Waals surface area contributed by atoms with Crippen molar-refractivity contribution in [2.75, 3.05) is 5.73 Å². The van der Waals surface area contributed by atoms with E-state index < -0.39 is 0 Å². The predicted molar refractivity (Wildman–Crippen MR) is 87.7 cm³/mol. The van der Waals surface area contributed by atoms with E-state index in [-0.39, 0.29) is 5.92 Å². The highest BCUT2D eigenvalue weighted by Gasteiger charge is 2.18. The van der Waals surface area contributed by atoms with E-state index in [2.05, 4.69) is 40.7 Å². The third-order valence-electron chi connectivity index (χ3n) is 3.00. The zero-order valence-electron chi connectivity index (χ0n) is 11.3. The monoisotopic (exact) mass is 351 g/mol. The molecule has 104 valence electrons. The molecule has 0 aliphatic carbocycles. The van der Waals surface area contributed by atoms with Gasteiger partial charge in [-0.25, -0.2) is 4.98 Å². The van der Waals surface area contributed by atoms with Crippen molar-refractivity contribution in [1.82, 2.24) is 9.55 Å². The fraction of sp³-hybridized carbons (Fsp3) is 0.267. The maximum absolute atomic E-state index is 6.20. The molecule has 2 aromatic rings. The number of terminal acetylenes is 1. The van der Waals surface area contributed by atoms with Crippen LogP contribution < -0.4 is 5.73 Å². The van der Waals surface area contributed by atoms with Gasteiger partial charge in [0.1, 0.15) is 17.3 Å². The Morgan fingerprint density at radius 3 is 2.75 bits per heavy atom. The van der Waals surface area contributed by atoms with Gasteiger partial charge >= 0.3 is 0 Å². The first-order chi connectivity index (χ1) is 9.45. The van der Waals surface area contributed by atoms with E-state index in [0.29, 0.717) is 17.4 Å². The number of nitrogens with zero attached hydrogens (tertiary/aromatic N) is 2. The lowest BCUT2D eigenvalue weighted by Crippen LogP contribution is -2.07. The first-order valence-corrected chi connectivity index (χ1v) is 7.37. The third kappa shape index (κ3) is 2.70. The summed E-state index contributed by atoms with van der Waals surface area (Å²) < 4.78 is 2.71. The van der Waals surface area contributed by atoms with Crippen molar-refractivity contribution in [1.29, 1.82) is 0 Å². The Morgan fingerprint density at radius 2 is 2.20 bits per heavy atom. The number of anilines is 1. The molecule has 0 unspecified atom stereocenters. The largest absolute Gasteiger partial charge is 0.383 e. The maximum atomic E-state index is 6.20. The van der Waals surface area contributed by atoms with Crippen molar-refractivity contribution in [3.05, 3.63) is 33.5 Å². The van der Waals surface area contributed by atoms with Crippen molar-refractivity contribution in [3.8, 4) is 23.6 Å². The molecule has 5 heteroatoms. The summed E-state index contributed by atoms with van der Waals surface area (Å²) in [4.78, 5) is 4.64. The normalized spacial score (nSPS) is 10.8. The molecule has 1 heterocycles. The average molecular weight is 353 g/mol. The molecule has 0 saturated heterocycles. The molecule has 3 nitrogen and oxygen atoms in total. The van der Waals surface area contributed by atoms with Crippen LogP contribution in [0, 0.1) is 12.3 Å². The highest BCUT2D eigenvalue weighted by molar-refractivity contribution is 9.10. The van der Waals surface area contributed by atoms with E-state index in [1.165, 1.54) is 0 Å². The molecule has 0 aliphatic rings. The molecular formula is C15H15BrClN3. The number of nitrogens with two attached hydrogens (primary N) is 1. The fourth-order valence-corrected chi connectivity index (χ4v) is 2.46. The zero-order valence-corrected chi connectivity index (χ0v) is 13.7. The summed E-state index contributed by atoms with van der Waals surface area (Å²) in [6.07, 6.45) is 5.41. The zero-order chi connectivity index (χ0) is 14.9. The second-order valence-electron chi connectivity index (χ2n) is 4.78. The smallest absolute Gasteiger partial charge is 0.132 e. The molecule has 2 N–H and O–H groups in total. The summed E-state index contributed by atoms with van der Waals surface area (Å²) >= 11 is 9.50. The van der Waals surface area contributed by atoms with Crippen molar-refractivity contribution in [2.24, 2.45) is 0 Å². The van der Waals surface area contributed by atoms with Crippen LogP contribution in [0.25, 0.3) is 11.3 Å². The van der Waals surface area contributed by atoms with Gasteiger partial charge in [0, 0.05) is 16.0 Å². The summed E-state index contributed by atoms with van der Waals surface area (Å²) in [6, 6.07) is 5.65. The molecule has 0 spiro atoms. The number of hydrogen-bond donors (Lipinski definition) is 1. The van der Waals surface area contributed by atoms with Crippen molar-refractivity contribution >= 4 is 33.3 Å².